The van der Waals surface area contributed by atoms with Gasteiger partial charge in [0.2, 0.25) is 5.82 Å². The van der Waals surface area contributed by atoms with E-state index in [0.29, 0.717) is 36.6 Å². The number of hydrogen-bond acceptors (Lipinski definition) is 8. The fourth-order valence-corrected chi connectivity index (χ4v) is 4.04. The van der Waals surface area contributed by atoms with Gasteiger partial charge >= 0.3 is 12.2 Å². The molecule has 35 heavy (non-hydrogen) atoms. The lowest BCUT2D eigenvalue weighted by Crippen LogP contribution is -2.49. The molecule has 12 nitrogen and oxygen atoms in total. The Morgan fingerprint density at radius 1 is 1.26 bits per heavy atom. The standard InChI is InChI=1S/C20H19F3N10O2/c1-10(20(21,22)23)25-18(34)13-2-3-14-17(26-13)33(12-5-7-32(14)9-12)19(35)27-15-8-11(4-6-24-15)16-28-30-31-29-16/h2-4,6,8,10,12H,5,7,9H2,1H3,(H,25,34)(H,24,27,35)(H,28,29,30,31)/t10?,12-/m0/s1. The Morgan fingerprint density at radius 3 is 2.83 bits per heavy atom. The molecule has 2 bridgehead atoms. The summed E-state index contributed by atoms with van der Waals surface area (Å²) in [5, 5.41) is 18.3. The second-order valence-electron chi connectivity index (χ2n) is 8.13. The first-order valence-corrected chi connectivity index (χ1v) is 10.6. The molecule has 0 radical (unpaired) electrons. The van der Waals surface area contributed by atoms with Crippen LogP contribution in [-0.2, 0) is 0 Å². The zero-order valence-electron chi connectivity index (χ0n) is 18.2. The lowest BCUT2D eigenvalue weighted by atomic mass is 10.1. The maximum atomic E-state index is 13.3. The predicted octanol–water partition coefficient (Wildman–Crippen LogP) is 1.97. The van der Waals surface area contributed by atoms with Crippen LogP contribution in [0.4, 0.5) is 35.3 Å². The van der Waals surface area contributed by atoms with Gasteiger partial charge in [-0.2, -0.15) is 18.4 Å². The quantitative estimate of drug-likeness (QED) is 0.506. The number of nitrogens with zero attached hydrogens (tertiary/aromatic N) is 7. The molecule has 1 fully saturated rings. The third kappa shape index (κ3) is 4.31. The molecule has 2 aliphatic heterocycles. The van der Waals surface area contributed by atoms with Crippen LogP contribution in [0, 0.1) is 0 Å². The highest BCUT2D eigenvalue weighted by molar-refractivity contribution is 6.05. The minimum atomic E-state index is -4.59. The first-order valence-electron chi connectivity index (χ1n) is 10.6. The molecule has 3 amide bonds. The van der Waals surface area contributed by atoms with E-state index >= 15 is 0 Å². The molecule has 3 N–H and O–H groups in total. The van der Waals surface area contributed by atoms with E-state index in [1.54, 1.807) is 18.2 Å². The van der Waals surface area contributed by atoms with E-state index in [0.717, 1.165) is 6.92 Å². The molecule has 3 aromatic heterocycles. The van der Waals surface area contributed by atoms with Crippen molar-refractivity contribution in [2.45, 2.75) is 31.6 Å². The van der Waals surface area contributed by atoms with Gasteiger partial charge in [-0.25, -0.2) is 14.8 Å². The van der Waals surface area contributed by atoms with E-state index in [9.17, 15) is 22.8 Å². The van der Waals surface area contributed by atoms with Crippen LogP contribution in [0.1, 0.15) is 23.8 Å². The van der Waals surface area contributed by atoms with Crippen molar-refractivity contribution in [2.75, 3.05) is 28.2 Å². The Hall–Kier alpha value is -4.30. The van der Waals surface area contributed by atoms with Gasteiger partial charge in [0.05, 0.1) is 11.7 Å². The molecular formula is C20H19F3N10O2. The van der Waals surface area contributed by atoms with E-state index in [1.165, 1.54) is 17.2 Å². The number of H-pyrrole nitrogens is 1. The third-order valence-corrected chi connectivity index (χ3v) is 5.84. The molecule has 2 atom stereocenters. The average Bonchev–Trinajstić information content (AvgIpc) is 3.50. The SMILES string of the molecule is CC(NC(=O)c1ccc2c(n1)N(C(=O)Nc1cc(-c3nn[nH]n3)ccn1)[C@H]1CCN2C1)C(F)(F)F. The summed E-state index contributed by atoms with van der Waals surface area (Å²) in [7, 11) is 0. The maximum absolute atomic E-state index is 13.3. The van der Waals surface area contributed by atoms with Crippen molar-refractivity contribution < 1.29 is 22.8 Å². The number of carbonyl (C=O) groups excluding carboxylic acids is 2. The van der Waals surface area contributed by atoms with Crippen LogP contribution in [0.25, 0.3) is 11.4 Å². The average molecular weight is 488 g/mol. The number of rotatable bonds is 4. The van der Waals surface area contributed by atoms with E-state index < -0.39 is 24.2 Å². The normalized spacial score (nSPS) is 17.7. The van der Waals surface area contributed by atoms with Gasteiger partial charge in [0.1, 0.15) is 17.6 Å². The molecule has 5 heterocycles. The highest BCUT2D eigenvalue weighted by atomic mass is 19.4. The number of hydrogen-bond donors (Lipinski definition) is 3. The highest BCUT2D eigenvalue weighted by Crippen LogP contribution is 2.39. The topological polar surface area (TPSA) is 145 Å². The van der Waals surface area contributed by atoms with Crippen LogP contribution in [0.2, 0.25) is 0 Å². The molecule has 0 aromatic carbocycles. The minimum absolute atomic E-state index is 0.192. The van der Waals surface area contributed by atoms with E-state index in [-0.39, 0.29) is 23.4 Å². The van der Waals surface area contributed by atoms with Crippen molar-refractivity contribution in [1.82, 2.24) is 35.9 Å². The van der Waals surface area contributed by atoms with Gasteiger partial charge in [-0.05, 0) is 42.8 Å². The molecule has 2 aliphatic rings. The highest BCUT2D eigenvalue weighted by Gasteiger charge is 2.41. The molecule has 1 unspecified atom stereocenters. The Labute approximate surface area is 195 Å². The molecule has 0 spiro atoms. The summed E-state index contributed by atoms with van der Waals surface area (Å²) in [6, 6.07) is 3.34. The first kappa shape index (κ1) is 22.5. The van der Waals surface area contributed by atoms with Gasteiger partial charge in [-0.3, -0.25) is 15.0 Å². The number of aromatic amines is 1. The number of aromatic nitrogens is 6. The summed E-state index contributed by atoms with van der Waals surface area (Å²) in [5.41, 5.74) is 0.964. The van der Waals surface area contributed by atoms with Crippen LogP contribution in [0.15, 0.2) is 30.5 Å². The second-order valence-corrected chi connectivity index (χ2v) is 8.13. The summed E-state index contributed by atoms with van der Waals surface area (Å²) in [6.45, 7) is 2.08. The monoisotopic (exact) mass is 488 g/mol. The zero-order valence-corrected chi connectivity index (χ0v) is 18.2. The fraction of sp³-hybridized carbons (Fsp3) is 0.350. The maximum Gasteiger partial charge on any atom is 0.408 e. The number of pyridine rings is 2. The van der Waals surface area contributed by atoms with Gasteiger partial charge in [-0.1, -0.05) is 0 Å². The third-order valence-electron chi connectivity index (χ3n) is 5.84. The van der Waals surface area contributed by atoms with Crippen LogP contribution in [0.3, 0.4) is 0 Å². The molecule has 3 aromatic rings. The Balaban J connectivity index is 1.42. The zero-order chi connectivity index (χ0) is 24.7. The van der Waals surface area contributed by atoms with E-state index in [4.69, 9.17) is 0 Å². The molecule has 5 rings (SSSR count). The molecule has 182 valence electrons. The van der Waals surface area contributed by atoms with Crippen molar-refractivity contribution in [1.29, 1.82) is 0 Å². The molecule has 0 saturated carbocycles. The molecular weight excluding hydrogens is 469 g/mol. The number of urea groups is 1. The van der Waals surface area contributed by atoms with Crippen molar-refractivity contribution in [2.24, 2.45) is 0 Å². The number of nitrogens with one attached hydrogen (secondary N) is 3. The van der Waals surface area contributed by atoms with Crippen molar-refractivity contribution in [3.8, 4) is 11.4 Å². The van der Waals surface area contributed by atoms with Crippen LogP contribution >= 0.6 is 0 Å². The van der Waals surface area contributed by atoms with Gasteiger partial charge in [0.25, 0.3) is 5.91 Å². The summed E-state index contributed by atoms with van der Waals surface area (Å²) >= 11 is 0. The van der Waals surface area contributed by atoms with Gasteiger partial charge in [-0.15, -0.1) is 10.2 Å². The Morgan fingerprint density at radius 2 is 2.09 bits per heavy atom. The summed E-state index contributed by atoms with van der Waals surface area (Å²) in [6.07, 6.45) is -2.46. The molecule has 0 aliphatic carbocycles. The van der Waals surface area contributed by atoms with Crippen LogP contribution < -0.4 is 20.4 Å². The molecule has 1 saturated heterocycles. The number of carbonyl (C=O) groups is 2. The summed E-state index contributed by atoms with van der Waals surface area (Å²) in [4.78, 5) is 37.7. The number of halogens is 3. The fourth-order valence-electron chi connectivity index (χ4n) is 4.04. The number of fused-ring (bicyclic) bond motifs is 4. The van der Waals surface area contributed by atoms with Gasteiger partial charge < -0.3 is 10.2 Å². The predicted molar refractivity (Wildman–Crippen MR) is 117 cm³/mol. The number of anilines is 3. The second kappa shape index (κ2) is 8.48. The Bertz CT molecular complexity index is 1270. The largest absolute Gasteiger partial charge is 0.408 e. The van der Waals surface area contributed by atoms with Crippen molar-refractivity contribution in [3.05, 3.63) is 36.2 Å². The van der Waals surface area contributed by atoms with Crippen LogP contribution in [0.5, 0.6) is 0 Å². The number of tetrazole rings is 1. The lowest BCUT2D eigenvalue weighted by molar-refractivity contribution is -0.149. The first-order chi connectivity index (χ1) is 16.7. The van der Waals surface area contributed by atoms with Crippen LogP contribution in [-0.4, -0.2) is 73.9 Å². The number of alkyl halides is 3. The minimum Gasteiger partial charge on any atom is -0.366 e. The van der Waals surface area contributed by atoms with Gasteiger partial charge in [0.15, 0.2) is 5.82 Å². The van der Waals surface area contributed by atoms with Crippen molar-refractivity contribution >= 4 is 29.3 Å². The van der Waals surface area contributed by atoms with Crippen molar-refractivity contribution in [3.63, 3.8) is 0 Å². The van der Waals surface area contributed by atoms with E-state index in [1.807, 2.05) is 10.2 Å². The number of amides is 3. The smallest absolute Gasteiger partial charge is 0.366 e. The molecule has 15 heteroatoms. The van der Waals surface area contributed by atoms with Gasteiger partial charge in [0, 0.05) is 24.8 Å². The van der Waals surface area contributed by atoms with E-state index in [2.05, 4.69) is 35.9 Å². The Kier molecular flexibility index (Phi) is 5.45. The summed E-state index contributed by atoms with van der Waals surface area (Å²) in [5.74, 6) is -0.242. The summed E-state index contributed by atoms with van der Waals surface area (Å²) < 4.78 is 38.6. The lowest BCUT2D eigenvalue weighted by Gasteiger charge is -2.35.